The van der Waals surface area contributed by atoms with Crippen molar-refractivity contribution in [2.45, 2.75) is 53.0 Å². The van der Waals surface area contributed by atoms with Crippen molar-refractivity contribution in [1.29, 1.82) is 0 Å². The van der Waals surface area contributed by atoms with Crippen LogP contribution < -0.4 is 0 Å². The number of rotatable bonds is 7. The molecule has 5 nitrogen and oxygen atoms in total. The number of aromatic carboxylic acids is 1. The molecule has 1 aromatic heterocycles. The van der Waals surface area contributed by atoms with E-state index < -0.39 is 5.97 Å². The van der Waals surface area contributed by atoms with Crippen LogP contribution in [0, 0.1) is 5.92 Å². The van der Waals surface area contributed by atoms with Crippen molar-refractivity contribution in [1.82, 2.24) is 15.0 Å². The Morgan fingerprint density at radius 1 is 1.41 bits per heavy atom. The van der Waals surface area contributed by atoms with E-state index >= 15 is 0 Å². The van der Waals surface area contributed by atoms with Crippen LogP contribution in [0.5, 0.6) is 0 Å². The van der Waals surface area contributed by atoms with Gasteiger partial charge in [-0.1, -0.05) is 38.8 Å². The fraction of sp³-hybridized carbons (Fsp3) is 0.750. The average molecular weight is 239 g/mol. The van der Waals surface area contributed by atoms with Crippen LogP contribution in [-0.2, 0) is 13.0 Å². The molecule has 0 amide bonds. The molecular formula is C12H21N3O2. The largest absolute Gasteiger partial charge is 0.476 e. The number of hydrogen-bond donors (Lipinski definition) is 1. The Labute approximate surface area is 102 Å². The van der Waals surface area contributed by atoms with Crippen molar-refractivity contribution in [2.75, 3.05) is 0 Å². The summed E-state index contributed by atoms with van der Waals surface area (Å²) in [5.41, 5.74) is 0.860. The first-order valence-corrected chi connectivity index (χ1v) is 6.21. The van der Waals surface area contributed by atoms with Gasteiger partial charge in [-0.2, -0.15) is 0 Å². The van der Waals surface area contributed by atoms with Gasteiger partial charge in [0.05, 0.1) is 5.69 Å². The molecule has 1 N–H and O–H groups in total. The highest BCUT2D eigenvalue weighted by atomic mass is 16.4. The molecule has 5 heteroatoms. The molecule has 0 aromatic carbocycles. The van der Waals surface area contributed by atoms with E-state index in [1.807, 2.05) is 0 Å². The van der Waals surface area contributed by atoms with Crippen LogP contribution in [0.3, 0.4) is 0 Å². The highest BCUT2D eigenvalue weighted by Gasteiger charge is 2.19. The van der Waals surface area contributed by atoms with Crippen molar-refractivity contribution >= 4 is 5.97 Å². The summed E-state index contributed by atoms with van der Waals surface area (Å²) in [6.45, 7) is 7.03. The average Bonchev–Trinajstić information content (AvgIpc) is 2.61. The quantitative estimate of drug-likeness (QED) is 0.742. The summed E-state index contributed by atoms with van der Waals surface area (Å²) in [4.78, 5) is 11.0. The lowest BCUT2D eigenvalue weighted by Crippen LogP contribution is -2.11. The molecule has 0 fully saturated rings. The molecule has 1 rings (SSSR count). The van der Waals surface area contributed by atoms with E-state index in [2.05, 4.69) is 31.1 Å². The van der Waals surface area contributed by atoms with Crippen molar-refractivity contribution in [3.8, 4) is 0 Å². The van der Waals surface area contributed by atoms with Crippen molar-refractivity contribution in [3.05, 3.63) is 11.4 Å². The maximum absolute atomic E-state index is 11.0. The molecule has 0 radical (unpaired) electrons. The van der Waals surface area contributed by atoms with E-state index in [1.165, 1.54) is 0 Å². The Morgan fingerprint density at radius 3 is 2.65 bits per heavy atom. The van der Waals surface area contributed by atoms with E-state index in [0.29, 0.717) is 12.3 Å². The minimum Gasteiger partial charge on any atom is -0.476 e. The van der Waals surface area contributed by atoms with Gasteiger partial charge >= 0.3 is 5.97 Å². The Balaban J connectivity index is 2.84. The van der Waals surface area contributed by atoms with Gasteiger partial charge in [0, 0.05) is 6.54 Å². The van der Waals surface area contributed by atoms with Crippen LogP contribution in [0.4, 0.5) is 0 Å². The predicted molar refractivity (Wildman–Crippen MR) is 65.0 cm³/mol. The second-order valence-electron chi connectivity index (χ2n) is 4.72. The first kappa shape index (κ1) is 13.7. The van der Waals surface area contributed by atoms with Gasteiger partial charge in [0.15, 0.2) is 5.69 Å². The lowest BCUT2D eigenvalue weighted by molar-refractivity contribution is 0.0689. The monoisotopic (exact) mass is 239 g/mol. The van der Waals surface area contributed by atoms with Crippen LogP contribution in [0.25, 0.3) is 0 Å². The number of carboxylic acid groups (broad SMARTS) is 1. The summed E-state index contributed by atoms with van der Waals surface area (Å²) in [7, 11) is 0. The summed E-state index contributed by atoms with van der Waals surface area (Å²) >= 11 is 0. The first-order valence-electron chi connectivity index (χ1n) is 6.21. The normalized spacial score (nSPS) is 11.1. The number of aryl methyl sites for hydroxylation is 1. The second-order valence-corrected chi connectivity index (χ2v) is 4.72. The zero-order valence-corrected chi connectivity index (χ0v) is 10.8. The van der Waals surface area contributed by atoms with Gasteiger partial charge in [-0.3, -0.25) is 0 Å². The molecule has 0 atom stereocenters. The number of aromatic nitrogens is 3. The lowest BCUT2D eigenvalue weighted by Gasteiger charge is -2.08. The van der Waals surface area contributed by atoms with Crippen molar-refractivity contribution < 1.29 is 9.90 Å². The molecule has 0 unspecified atom stereocenters. The summed E-state index contributed by atoms with van der Waals surface area (Å²) in [6, 6.07) is 0. The molecule has 0 bridgehead atoms. The van der Waals surface area contributed by atoms with Crippen LogP contribution >= 0.6 is 0 Å². The zero-order valence-electron chi connectivity index (χ0n) is 10.8. The number of hydrogen-bond acceptors (Lipinski definition) is 3. The third kappa shape index (κ3) is 3.84. The van der Waals surface area contributed by atoms with Crippen LogP contribution in [-0.4, -0.2) is 26.1 Å². The van der Waals surface area contributed by atoms with E-state index in [9.17, 15) is 4.79 Å². The van der Waals surface area contributed by atoms with E-state index in [4.69, 9.17) is 5.11 Å². The minimum absolute atomic E-state index is 0.107. The Bertz CT molecular complexity index is 372. The van der Waals surface area contributed by atoms with E-state index in [-0.39, 0.29) is 5.69 Å². The number of unbranched alkanes of at least 4 members (excludes halogenated alkanes) is 2. The Hall–Kier alpha value is -1.39. The highest BCUT2D eigenvalue weighted by Crippen LogP contribution is 2.13. The lowest BCUT2D eigenvalue weighted by atomic mass is 10.1. The molecule has 0 aliphatic rings. The van der Waals surface area contributed by atoms with Gasteiger partial charge < -0.3 is 5.11 Å². The fourth-order valence-electron chi connectivity index (χ4n) is 1.78. The maximum Gasteiger partial charge on any atom is 0.358 e. The van der Waals surface area contributed by atoms with Crippen LogP contribution in [0.15, 0.2) is 0 Å². The van der Waals surface area contributed by atoms with Crippen LogP contribution in [0.2, 0.25) is 0 Å². The van der Waals surface area contributed by atoms with Gasteiger partial charge in [-0.15, -0.1) is 5.10 Å². The van der Waals surface area contributed by atoms with Gasteiger partial charge in [0.1, 0.15) is 0 Å². The van der Waals surface area contributed by atoms with Crippen molar-refractivity contribution in [3.63, 3.8) is 0 Å². The number of nitrogens with zero attached hydrogens (tertiary/aromatic N) is 3. The Morgan fingerprint density at radius 2 is 2.12 bits per heavy atom. The van der Waals surface area contributed by atoms with Gasteiger partial charge in [-0.25, -0.2) is 9.48 Å². The highest BCUT2D eigenvalue weighted by molar-refractivity contribution is 5.86. The SMILES string of the molecule is CCCCCn1nnc(C(=O)O)c1CC(C)C. The van der Waals surface area contributed by atoms with Gasteiger partial charge in [0.2, 0.25) is 0 Å². The third-order valence-electron chi connectivity index (χ3n) is 2.62. The second kappa shape index (κ2) is 6.37. The summed E-state index contributed by atoms with van der Waals surface area (Å²) < 4.78 is 1.75. The molecule has 96 valence electrons. The number of carboxylic acids is 1. The summed E-state index contributed by atoms with van der Waals surface area (Å²) in [6.07, 6.45) is 3.99. The van der Waals surface area contributed by atoms with E-state index in [1.54, 1.807) is 4.68 Å². The zero-order chi connectivity index (χ0) is 12.8. The molecule has 0 aliphatic carbocycles. The minimum atomic E-state index is -0.984. The Kier molecular flexibility index (Phi) is 5.12. The standard InChI is InChI=1S/C12H21N3O2/c1-4-5-6-7-15-10(8-9(2)3)11(12(16)17)13-14-15/h9H,4-8H2,1-3H3,(H,16,17). The molecule has 0 saturated heterocycles. The van der Waals surface area contributed by atoms with Gasteiger partial charge in [0.25, 0.3) is 0 Å². The maximum atomic E-state index is 11.0. The van der Waals surface area contributed by atoms with Crippen LogP contribution in [0.1, 0.15) is 56.2 Å². The molecule has 0 spiro atoms. The molecule has 0 aliphatic heterocycles. The molecule has 17 heavy (non-hydrogen) atoms. The first-order chi connectivity index (χ1) is 8.06. The third-order valence-corrected chi connectivity index (χ3v) is 2.62. The summed E-state index contributed by atoms with van der Waals surface area (Å²) in [5.74, 6) is -0.584. The summed E-state index contributed by atoms with van der Waals surface area (Å²) in [5, 5.41) is 16.8. The molecule has 1 heterocycles. The predicted octanol–water partition coefficient (Wildman–Crippen LogP) is 2.37. The molecule has 1 aromatic rings. The van der Waals surface area contributed by atoms with Crippen molar-refractivity contribution in [2.24, 2.45) is 5.92 Å². The van der Waals surface area contributed by atoms with Gasteiger partial charge in [-0.05, 0) is 18.8 Å². The van der Waals surface area contributed by atoms with E-state index in [0.717, 1.165) is 31.5 Å². The fourth-order valence-corrected chi connectivity index (χ4v) is 1.78. The number of carbonyl (C=O) groups is 1. The molecular weight excluding hydrogens is 218 g/mol. The topological polar surface area (TPSA) is 68.0 Å². The smallest absolute Gasteiger partial charge is 0.358 e. The molecule has 0 saturated carbocycles.